The van der Waals surface area contributed by atoms with Crippen LogP contribution in [0, 0.1) is 5.92 Å². The van der Waals surface area contributed by atoms with Gasteiger partial charge >= 0.3 is 0 Å². The summed E-state index contributed by atoms with van der Waals surface area (Å²) in [6.07, 6.45) is 1.98. The highest BCUT2D eigenvalue weighted by Gasteiger charge is 2.28. The topological polar surface area (TPSA) is 114 Å². The first kappa shape index (κ1) is 14.0. The quantitative estimate of drug-likeness (QED) is 0.587. The van der Waals surface area contributed by atoms with Crippen molar-refractivity contribution in [3.05, 3.63) is 17.9 Å². The number of primary sulfonamides is 1. The molecule has 19 heavy (non-hydrogen) atoms. The predicted octanol–water partition coefficient (Wildman–Crippen LogP) is -0.457. The average molecular weight is 287 g/mol. The van der Waals surface area contributed by atoms with Gasteiger partial charge in [-0.1, -0.05) is 0 Å². The van der Waals surface area contributed by atoms with E-state index in [1.165, 1.54) is 6.07 Å². The van der Waals surface area contributed by atoms with E-state index in [1.807, 2.05) is 0 Å². The lowest BCUT2D eigenvalue weighted by Gasteiger charge is -2.04. The summed E-state index contributed by atoms with van der Waals surface area (Å²) >= 11 is 0. The second-order valence-corrected chi connectivity index (χ2v) is 6.00. The smallest absolute Gasteiger partial charge is 0.271 e. The van der Waals surface area contributed by atoms with Crippen molar-refractivity contribution in [1.29, 1.82) is 0 Å². The fourth-order valence-electron chi connectivity index (χ4n) is 1.58. The lowest BCUT2D eigenvalue weighted by atomic mass is 10.4. The Kier molecular flexibility index (Phi) is 4.23. The molecule has 0 unspecified atom stereocenters. The molecule has 0 aliphatic heterocycles. The monoisotopic (exact) mass is 287 g/mol. The van der Waals surface area contributed by atoms with Crippen LogP contribution in [0.15, 0.2) is 21.6 Å². The fourth-order valence-corrected chi connectivity index (χ4v) is 2.06. The van der Waals surface area contributed by atoms with Crippen molar-refractivity contribution in [2.75, 3.05) is 13.1 Å². The SMILES string of the molecule is NS(=O)(=O)c1ccc(CNCCNC(=O)C2CC2)o1. The number of amides is 1. The van der Waals surface area contributed by atoms with Crippen molar-refractivity contribution >= 4 is 15.9 Å². The van der Waals surface area contributed by atoms with Gasteiger partial charge in [-0.3, -0.25) is 4.79 Å². The van der Waals surface area contributed by atoms with E-state index in [0.717, 1.165) is 12.8 Å². The molecule has 7 nitrogen and oxygen atoms in total. The highest BCUT2D eigenvalue weighted by Crippen LogP contribution is 2.28. The standard InChI is InChI=1S/C11H17N3O4S/c12-19(16,17)10-4-3-9(18-10)7-13-5-6-14-11(15)8-1-2-8/h3-4,8,13H,1-2,5-7H2,(H,14,15)(H2,12,16,17). The first-order valence-corrected chi connectivity index (χ1v) is 7.61. The normalized spacial score (nSPS) is 15.4. The molecular formula is C11H17N3O4S. The van der Waals surface area contributed by atoms with Gasteiger partial charge in [0.2, 0.25) is 11.0 Å². The Hall–Kier alpha value is -1.38. The summed E-state index contributed by atoms with van der Waals surface area (Å²) in [6.45, 7) is 1.51. The van der Waals surface area contributed by atoms with Crippen LogP contribution in [0.25, 0.3) is 0 Å². The minimum absolute atomic E-state index is 0.108. The molecule has 0 radical (unpaired) electrons. The number of nitrogens with one attached hydrogen (secondary N) is 2. The van der Waals surface area contributed by atoms with Gasteiger partial charge < -0.3 is 15.1 Å². The number of hydrogen-bond acceptors (Lipinski definition) is 5. The molecule has 1 saturated carbocycles. The van der Waals surface area contributed by atoms with Gasteiger partial charge in [-0.25, -0.2) is 13.6 Å². The van der Waals surface area contributed by atoms with Crippen molar-refractivity contribution in [3.8, 4) is 0 Å². The van der Waals surface area contributed by atoms with Crippen LogP contribution in [-0.2, 0) is 21.4 Å². The van der Waals surface area contributed by atoms with E-state index in [4.69, 9.17) is 9.56 Å². The largest absolute Gasteiger partial charge is 0.447 e. The first-order chi connectivity index (χ1) is 8.97. The van der Waals surface area contributed by atoms with Crippen LogP contribution in [-0.4, -0.2) is 27.4 Å². The Morgan fingerprint density at radius 2 is 2.11 bits per heavy atom. The van der Waals surface area contributed by atoms with Gasteiger partial charge in [0.05, 0.1) is 6.54 Å². The van der Waals surface area contributed by atoms with E-state index in [9.17, 15) is 13.2 Å². The highest BCUT2D eigenvalue weighted by atomic mass is 32.2. The summed E-state index contributed by atoms with van der Waals surface area (Å²) in [5.41, 5.74) is 0. The van der Waals surface area contributed by atoms with E-state index >= 15 is 0 Å². The molecule has 4 N–H and O–H groups in total. The van der Waals surface area contributed by atoms with E-state index in [0.29, 0.717) is 25.4 Å². The molecule has 0 aromatic carbocycles. The second kappa shape index (κ2) is 5.72. The molecule has 0 saturated heterocycles. The van der Waals surface area contributed by atoms with Crippen LogP contribution >= 0.6 is 0 Å². The van der Waals surface area contributed by atoms with Crippen LogP contribution in [0.5, 0.6) is 0 Å². The van der Waals surface area contributed by atoms with E-state index in [1.54, 1.807) is 6.07 Å². The molecule has 0 atom stereocenters. The van der Waals surface area contributed by atoms with E-state index < -0.39 is 10.0 Å². The lowest BCUT2D eigenvalue weighted by Crippen LogP contribution is -2.32. The van der Waals surface area contributed by atoms with Gasteiger partial charge in [0, 0.05) is 19.0 Å². The summed E-state index contributed by atoms with van der Waals surface area (Å²) in [5, 5.41) is 10.5. The van der Waals surface area contributed by atoms with Crippen LogP contribution in [0.2, 0.25) is 0 Å². The Bertz CT molecular complexity index is 548. The third-order valence-corrected chi connectivity index (χ3v) is 3.55. The van der Waals surface area contributed by atoms with Crippen LogP contribution in [0.1, 0.15) is 18.6 Å². The first-order valence-electron chi connectivity index (χ1n) is 6.07. The van der Waals surface area contributed by atoms with Gasteiger partial charge in [-0.05, 0) is 25.0 Å². The Labute approximate surface area is 111 Å². The van der Waals surface area contributed by atoms with E-state index in [-0.39, 0.29) is 16.9 Å². The molecule has 1 amide bonds. The molecule has 1 fully saturated rings. The van der Waals surface area contributed by atoms with Gasteiger partial charge in [0.1, 0.15) is 5.76 Å². The zero-order valence-electron chi connectivity index (χ0n) is 10.4. The maximum absolute atomic E-state index is 11.3. The van der Waals surface area contributed by atoms with Gasteiger partial charge in [0.15, 0.2) is 0 Å². The molecule has 8 heteroatoms. The second-order valence-electron chi connectivity index (χ2n) is 4.51. The maximum atomic E-state index is 11.3. The third kappa shape index (κ3) is 4.34. The summed E-state index contributed by atoms with van der Waals surface area (Å²) in [6, 6.07) is 2.87. The summed E-state index contributed by atoms with van der Waals surface area (Å²) in [5.74, 6) is 0.802. The molecule has 0 bridgehead atoms. The average Bonchev–Trinajstić information content (AvgIpc) is 3.06. The Balaban J connectivity index is 1.65. The molecule has 1 aromatic rings. The minimum Gasteiger partial charge on any atom is -0.447 e. The summed E-state index contributed by atoms with van der Waals surface area (Å²) in [7, 11) is -3.78. The number of nitrogens with two attached hydrogens (primary N) is 1. The van der Waals surface area contributed by atoms with Crippen molar-refractivity contribution in [2.24, 2.45) is 11.1 Å². The molecule has 1 aromatic heterocycles. The van der Waals surface area contributed by atoms with Crippen molar-refractivity contribution in [1.82, 2.24) is 10.6 Å². The third-order valence-electron chi connectivity index (χ3n) is 2.77. The van der Waals surface area contributed by atoms with Crippen molar-refractivity contribution in [2.45, 2.75) is 24.5 Å². The Morgan fingerprint density at radius 1 is 1.37 bits per heavy atom. The van der Waals surface area contributed by atoms with Gasteiger partial charge in [-0.15, -0.1) is 0 Å². The number of carbonyl (C=O) groups excluding carboxylic acids is 1. The zero-order valence-corrected chi connectivity index (χ0v) is 11.2. The number of sulfonamides is 1. The zero-order chi connectivity index (χ0) is 13.9. The maximum Gasteiger partial charge on any atom is 0.271 e. The van der Waals surface area contributed by atoms with Crippen molar-refractivity contribution < 1.29 is 17.6 Å². The molecule has 1 aliphatic carbocycles. The minimum atomic E-state index is -3.78. The molecular weight excluding hydrogens is 270 g/mol. The van der Waals surface area contributed by atoms with E-state index in [2.05, 4.69) is 10.6 Å². The van der Waals surface area contributed by atoms with Gasteiger partial charge in [-0.2, -0.15) is 0 Å². The van der Waals surface area contributed by atoms with Crippen LogP contribution in [0.4, 0.5) is 0 Å². The van der Waals surface area contributed by atoms with Crippen LogP contribution in [0.3, 0.4) is 0 Å². The molecule has 1 aliphatic rings. The molecule has 0 spiro atoms. The number of carbonyl (C=O) groups is 1. The lowest BCUT2D eigenvalue weighted by molar-refractivity contribution is -0.122. The molecule has 2 rings (SSSR count). The predicted molar refractivity (Wildman–Crippen MR) is 67.5 cm³/mol. The summed E-state index contributed by atoms with van der Waals surface area (Å²) < 4.78 is 27.0. The van der Waals surface area contributed by atoms with Crippen LogP contribution < -0.4 is 15.8 Å². The highest BCUT2D eigenvalue weighted by molar-refractivity contribution is 7.89. The Morgan fingerprint density at radius 3 is 2.68 bits per heavy atom. The number of furan rings is 1. The number of rotatable bonds is 7. The fraction of sp³-hybridized carbons (Fsp3) is 0.545. The summed E-state index contributed by atoms with van der Waals surface area (Å²) in [4.78, 5) is 11.3. The van der Waals surface area contributed by atoms with Crippen molar-refractivity contribution in [3.63, 3.8) is 0 Å². The number of hydrogen-bond donors (Lipinski definition) is 3. The van der Waals surface area contributed by atoms with Gasteiger partial charge in [0.25, 0.3) is 10.0 Å². The molecule has 106 valence electrons. The molecule has 1 heterocycles.